The Kier molecular flexibility index (Phi) is 4.69. The number of anilines is 1. The van der Waals surface area contributed by atoms with Crippen LogP contribution >= 0.6 is 0 Å². The molecule has 4 nitrogen and oxygen atoms in total. The van der Waals surface area contributed by atoms with Gasteiger partial charge in [0.05, 0.1) is 13.2 Å². The summed E-state index contributed by atoms with van der Waals surface area (Å²) in [5.74, 6) is -0.424. The fraction of sp³-hybridized carbons (Fsp3) is 0.579. The van der Waals surface area contributed by atoms with Gasteiger partial charge in [0.2, 0.25) is 0 Å². The van der Waals surface area contributed by atoms with E-state index in [0.717, 1.165) is 13.0 Å². The molecular weight excluding hydrogens is 290 g/mol. The number of piperidine rings is 1. The number of carbonyl (C=O) groups is 2. The van der Waals surface area contributed by atoms with E-state index in [4.69, 9.17) is 4.74 Å². The molecule has 2 atom stereocenters. The first kappa shape index (κ1) is 16.0. The van der Waals surface area contributed by atoms with Crippen LogP contribution in [0.25, 0.3) is 0 Å². The third-order valence-corrected chi connectivity index (χ3v) is 5.08. The second-order valence-corrected chi connectivity index (χ2v) is 6.62. The first-order valence-electron chi connectivity index (χ1n) is 8.68. The number of nitrogens with zero attached hydrogens (tertiary/aromatic N) is 1. The van der Waals surface area contributed by atoms with Crippen molar-refractivity contribution in [2.24, 2.45) is 5.92 Å². The van der Waals surface area contributed by atoms with E-state index in [2.05, 4.69) is 30.0 Å². The SMILES string of the molecule is CCOC(=O)C1CCN(c2cccc3c2C(C)CCC3)CC1=O. The van der Waals surface area contributed by atoms with Crippen LogP contribution in [-0.2, 0) is 20.7 Å². The average Bonchev–Trinajstić information content (AvgIpc) is 2.54. The van der Waals surface area contributed by atoms with Crippen LogP contribution in [0.2, 0.25) is 0 Å². The number of aryl methyl sites for hydroxylation is 1. The number of ether oxygens (including phenoxy) is 1. The van der Waals surface area contributed by atoms with Crippen molar-refractivity contribution in [3.8, 4) is 0 Å². The molecule has 0 aromatic heterocycles. The Bertz CT molecular complexity index is 611. The fourth-order valence-electron chi connectivity index (χ4n) is 3.93. The Labute approximate surface area is 137 Å². The Morgan fingerprint density at radius 1 is 1.35 bits per heavy atom. The maximum absolute atomic E-state index is 12.4. The van der Waals surface area contributed by atoms with Gasteiger partial charge in [0, 0.05) is 12.2 Å². The number of ketones is 1. The summed E-state index contributed by atoms with van der Waals surface area (Å²) >= 11 is 0. The van der Waals surface area contributed by atoms with E-state index < -0.39 is 5.92 Å². The van der Waals surface area contributed by atoms with E-state index in [-0.39, 0.29) is 11.8 Å². The van der Waals surface area contributed by atoms with Crippen molar-refractivity contribution in [2.75, 3.05) is 24.6 Å². The molecule has 1 aromatic carbocycles. The minimum Gasteiger partial charge on any atom is -0.465 e. The van der Waals surface area contributed by atoms with Crippen LogP contribution < -0.4 is 4.90 Å². The van der Waals surface area contributed by atoms with Crippen LogP contribution in [0.5, 0.6) is 0 Å². The third-order valence-electron chi connectivity index (χ3n) is 5.08. The summed E-state index contributed by atoms with van der Waals surface area (Å²) in [6.07, 6.45) is 4.12. The van der Waals surface area contributed by atoms with Gasteiger partial charge in [0.15, 0.2) is 5.78 Å². The van der Waals surface area contributed by atoms with Crippen LogP contribution in [0.1, 0.15) is 50.2 Å². The summed E-state index contributed by atoms with van der Waals surface area (Å²) in [6, 6.07) is 6.43. The number of hydrogen-bond acceptors (Lipinski definition) is 4. The van der Waals surface area contributed by atoms with Gasteiger partial charge in [-0.15, -0.1) is 0 Å². The third kappa shape index (κ3) is 3.12. The van der Waals surface area contributed by atoms with Gasteiger partial charge in [-0.25, -0.2) is 0 Å². The van der Waals surface area contributed by atoms with Gasteiger partial charge >= 0.3 is 5.97 Å². The van der Waals surface area contributed by atoms with Gasteiger partial charge in [0.1, 0.15) is 5.92 Å². The number of fused-ring (bicyclic) bond motifs is 1. The number of rotatable bonds is 3. The lowest BCUT2D eigenvalue weighted by Gasteiger charge is -2.35. The van der Waals surface area contributed by atoms with Crippen LogP contribution in [0.15, 0.2) is 18.2 Å². The van der Waals surface area contributed by atoms with Gasteiger partial charge in [-0.1, -0.05) is 19.1 Å². The largest absolute Gasteiger partial charge is 0.465 e. The molecule has 124 valence electrons. The van der Waals surface area contributed by atoms with Crippen LogP contribution in [-0.4, -0.2) is 31.4 Å². The minimum absolute atomic E-state index is 0.0178. The number of esters is 1. The summed E-state index contributed by atoms with van der Waals surface area (Å²) in [7, 11) is 0. The second-order valence-electron chi connectivity index (χ2n) is 6.62. The fourth-order valence-corrected chi connectivity index (χ4v) is 3.93. The molecule has 0 amide bonds. The van der Waals surface area contributed by atoms with E-state index in [1.54, 1.807) is 6.92 Å². The standard InChI is InChI=1S/C19H25NO3/c1-3-23-19(22)15-10-11-20(12-17(15)21)16-9-5-8-14-7-4-6-13(2)18(14)16/h5,8-9,13,15H,3-4,6-7,10-12H2,1-2H3. The molecule has 1 aromatic rings. The lowest BCUT2D eigenvalue weighted by Crippen LogP contribution is -2.44. The molecule has 1 aliphatic heterocycles. The Morgan fingerprint density at radius 2 is 2.17 bits per heavy atom. The molecule has 1 aliphatic carbocycles. The topological polar surface area (TPSA) is 46.6 Å². The molecule has 0 spiro atoms. The molecule has 0 radical (unpaired) electrons. The van der Waals surface area contributed by atoms with Gasteiger partial charge in [-0.05, 0) is 55.7 Å². The highest BCUT2D eigenvalue weighted by atomic mass is 16.5. The van der Waals surface area contributed by atoms with Crippen molar-refractivity contribution in [3.05, 3.63) is 29.3 Å². The first-order valence-corrected chi connectivity index (χ1v) is 8.68. The number of benzene rings is 1. The highest BCUT2D eigenvalue weighted by Crippen LogP contribution is 2.38. The van der Waals surface area contributed by atoms with Crippen LogP contribution in [0.3, 0.4) is 0 Å². The highest BCUT2D eigenvalue weighted by molar-refractivity contribution is 6.02. The molecule has 4 heteroatoms. The van der Waals surface area contributed by atoms with Crippen molar-refractivity contribution in [3.63, 3.8) is 0 Å². The normalized spacial score (nSPS) is 24.3. The number of carbonyl (C=O) groups excluding carboxylic acids is 2. The number of hydrogen-bond donors (Lipinski definition) is 0. The van der Waals surface area contributed by atoms with Crippen molar-refractivity contribution in [1.29, 1.82) is 0 Å². The summed E-state index contributed by atoms with van der Waals surface area (Å²) in [5.41, 5.74) is 4.01. The number of Topliss-reactive ketones (excluding diaryl/α,β-unsaturated/α-hetero) is 1. The summed E-state index contributed by atoms with van der Waals surface area (Å²) < 4.78 is 5.02. The maximum Gasteiger partial charge on any atom is 0.316 e. The summed E-state index contributed by atoms with van der Waals surface area (Å²) in [5, 5.41) is 0. The minimum atomic E-state index is -0.580. The van der Waals surface area contributed by atoms with E-state index >= 15 is 0 Å². The predicted octanol–water partition coefficient (Wildman–Crippen LogP) is 3.08. The first-order chi connectivity index (χ1) is 11.1. The van der Waals surface area contributed by atoms with Crippen molar-refractivity contribution in [2.45, 2.75) is 45.4 Å². The van der Waals surface area contributed by atoms with E-state index in [1.807, 2.05) is 0 Å². The van der Waals surface area contributed by atoms with E-state index in [9.17, 15) is 9.59 Å². The Hall–Kier alpha value is -1.84. The zero-order chi connectivity index (χ0) is 16.4. The van der Waals surface area contributed by atoms with Crippen molar-refractivity contribution < 1.29 is 14.3 Å². The lowest BCUT2D eigenvalue weighted by molar-refractivity contribution is -0.152. The quantitative estimate of drug-likeness (QED) is 0.635. The van der Waals surface area contributed by atoms with E-state index in [0.29, 0.717) is 25.5 Å². The van der Waals surface area contributed by atoms with Gasteiger partial charge in [-0.2, -0.15) is 0 Å². The molecule has 1 heterocycles. The summed E-state index contributed by atoms with van der Waals surface area (Å²) in [4.78, 5) is 26.4. The van der Waals surface area contributed by atoms with Crippen molar-refractivity contribution >= 4 is 17.4 Å². The Morgan fingerprint density at radius 3 is 2.91 bits per heavy atom. The molecule has 2 unspecified atom stereocenters. The molecule has 1 saturated heterocycles. The van der Waals surface area contributed by atoms with Gasteiger partial charge in [-0.3, -0.25) is 9.59 Å². The summed E-state index contributed by atoms with van der Waals surface area (Å²) in [6.45, 7) is 5.42. The second kappa shape index (κ2) is 6.73. The molecule has 0 bridgehead atoms. The maximum atomic E-state index is 12.4. The average molecular weight is 315 g/mol. The molecule has 0 saturated carbocycles. The lowest BCUT2D eigenvalue weighted by atomic mass is 9.82. The predicted molar refractivity (Wildman–Crippen MR) is 89.8 cm³/mol. The van der Waals surface area contributed by atoms with Crippen molar-refractivity contribution in [1.82, 2.24) is 0 Å². The monoisotopic (exact) mass is 315 g/mol. The smallest absolute Gasteiger partial charge is 0.316 e. The zero-order valence-corrected chi connectivity index (χ0v) is 14.0. The molecule has 2 aliphatic rings. The molecule has 3 rings (SSSR count). The molecule has 0 N–H and O–H groups in total. The Balaban J connectivity index is 1.80. The molecule has 1 fully saturated rings. The highest BCUT2D eigenvalue weighted by Gasteiger charge is 2.35. The molecular formula is C19H25NO3. The van der Waals surface area contributed by atoms with E-state index in [1.165, 1.54) is 29.7 Å². The van der Waals surface area contributed by atoms with Gasteiger partial charge < -0.3 is 9.64 Å². The van der Waals surface area contributed by atoms with Gasteiger partial charge in [0.25, 0.3) is 0 Å². The van der Waals surface area contributed by atoms with Crippen LogP contribution in [0.4, 0.5) is 5.69 Å². The molecule has 23 heavy (non-hydrogen) atoms. The van der Waals surface area contributed by atoms with Crippen LogP contribution in [0, 0.1) is 5.92 Å². The zero-order valence-electron chi connectivity index (χ0n) is 14.0.